The zero-order valence-corrected chi connectivity index (χ0v) is 14.2. The first-order chi connectivity index (χ1) is 10.6. The Morgan fingerprint density at radius 1 is 1.05 bits per heavy atom. The van der Waals surface area contributed by atoms with Gasteiger partial charge in [-0.1, -0.05) is 6.92 Å². The molecule has 0 aliphatic heterocycles. The summed E-state index contributed by atoms with van der Waals surface area (Å²) in [5.41, 5.74) is 1.98. The number of methoxy groups -OCH3 is 2. The summed E-state index contributed by atoms with van der Waals surface area (Å²) in [6.07, 6.45) is 0.837. The minimum absolute atomic E-state index is 0.0582. The van der Waals surface area contributed by atoms with Gasteiger partial charge in [0.2, 0.25) is 0 Å². The Morgan fingerprint density at radius 2 is 1.77 bits per heavy atom. The fourth-order valence-corrected chi connectivity index (χ4v) is 2.40. The van der Waals surface area contributed by atoms with Crippen LogP contribution in [0.15, 0.2) is 45.0 Å². The van der Waals surface area contributed by atoms with Crippen LogP contribution < -0.4 is 9.47 Å². The van der Waals surface area contributed by atoms with E-state index < -0.39 is 0 Å². The number of hydrogen-bond acceptors (Lipinski definition) is 5. The Kier molecular flexibility index (Phi) is 5.38. The van der Waals surface area contributed by atoms with Crippen molar-refractivity contribution in [2.75, 3.05) is 14.2 Å². The largest absolute Gasteiger partial charge is 0.505 e. The van der Waals surface area contributed by atoms with Crippen molar-refractivity contribution in [3.63, 3.8) is 0 Å². The van der Waals surface area contributed by atoms with Crippen LogP contribution in [0.25, 0.3) is 0 Å². The number of hydrogen-bond donors (Lipinski definition) is 1. The Bertz CT molecular complexity index is 702. The van der Waals surface area contributed by atoms with E-state index in [0.29, 0.717) is 27.3 Å². The van der Waals surface area contributed by atoms with Gasteiger partial charge >= 0.3 is 0 Å². The molecule has 0 unspecified atom stereocenters. The summed E-state index contributed by atoms with van der Waals surface area (Å²) >= 11 is 3.32. The molecule has 0 fully saturated rings. The fourth-order valence-electron chi connectivity index (χ4n) is 1.90. The average Bonchev–Trinajstić information content (AvgIpc) is 2.55. The van der Waals surface area contributed by atoms with Crippen molar-refractivity contribution in [3.8, 4) is 17.2 Å². The highest BCUT2D eigenvalue weighted by Crippen LogP contribution is 2.38. The Balaban J connectivity index is 2.42. The second kappa shape index (κ2) is 7.26. The number of aromatic hydroxyl groups is 1. The summed E-state index contributed by atoms with van der Waals surface area (Å²) in [7, 11) is 3.14. The number of nitrogens with zero attached hydrogens (tertiary/aromatic N) is 2. The van der Waals surface area contributed by atoms with Crippen molar-refractivity contribution in [2.45, 2.75) is 13.3 Å². The second-order valence-electron chi connectivity index (χ2n) is 4.54. The van der Waals surface area contributed by atoms with Gasteiger partial charge in [0.05, 0.1) is 18.7 Å². The third kappa shape index (κ3) is 3.57. The fraction of sp³-hybridized carbons (Fsp3) is 0.250. The number of ether oxygens (including phenoxy) is 2. The van der Waals surface area contributed by atoms with E-state index in [1.54, 1.807) is 38.5 Å². The molecule has 0 saturated heterocycles. The first-order valence-electron chi connectivity index (χ1n) is 6.74. The quantitative estimate of drug-likeness (QED) is 0.746. The first-order valence-corrected chi connectivity index (χ1v) is 7.53. The molecule has 0 radical (unpaired) electrons. The van der Waals surface area contributed by atoms with Crippen LogP contribution in [0.3, 0.4) is 0 Å². The van der Waals surface area contributed by atoms with Crippen molar-refractivity contribution < 1.29 is 14.6 Å². The number of aryl methyl sites for hydroxylation is 1. The highest BCUT2D eigenvalue weighted by molar-refractivity contribution is 9.10. The number of phenols is 1. The maximum atomic E-state index is 10.1. The van der Waals surface area contributed by atoms with Gasteiger partial charge in [0.15, 0.2) is 5.75 Å². The van der Waals surface area contributed by atoms with Crippen molar-refractivity contribution >= 4 is 27.3 Å². The van der Waals surface area contributed by atoms with Crippen LogP contribution in [0.1, 0.15) is 12.5 Å². The molecule has 22 heavy (non-hydrogen) atoms. The van der Waals surface area contributed by atoms with Gasteiger partial charge in [0.25, 0.3) is 0 Å². The van der Waals surface area contributed by atoms with Crippen molar-refractivity contribution in [3.05, 3.63) is 40.4 Å². The Labute approximate surface area is 137 Å². The molecule has 2 aromatic rings. The molecular weight excluding hydrogens is 348 g/mol. The summed E-state index contributed by atoms with van der Waals surface area (Å²) in [6.45, 7) is 2.03. The van der Waals surface area contributed by atoms with E-state index in [1.165, 1.54) is 0 Å². The molecule has 0 aromatic heterocycles. The zero-order valence-electron chi connectivity index (χ0n) is 12.6. The third-order valence-electron chi connectivity index (χ3n) is 3.16. The first kappa shape index (κ1) is 16.3. The number of rotatable bonds is 5. The molecular formula is C16H17BrN2O3. The van der Waals surface area contributed by atoms with E-state index in [-0.39, 0.29) is 5.75 Å². The summed E-state index contributed by atoms with van der Waals surface area (Å²) in [5, 5.41) is 18.4. The minimum Gasteiger partial charge on any atom is -0.505 e. The molecule has 0 spiro atoms. The van der Waals surface area contributed by atoms with Gasteiger partial charge in [0, 0.05) is 6.07 Å². The van der Waals surface area contributed by atoms with Crippen LogP contribution in [0, 0.1) is 0 Å². The summed E-state index contributed by atoms with van der Waals surface area (Å²) < 4.78 is 11.0. The van der Waals surface area contributed by atoms with E-state index in [9.17, 15) is 5.11 Å². The van der Waals surface area contributed by atoms with Gasteiger partial charge in [-0.3, -0.25) is 0 Å². The number of benzene rings is 2. The molecule has 116 valence electrons. The van der Waals surface area contributed by atoms with Gasteiger partial charge < -0.3 is 14.6 Å². The number of azo groups is 1. The van der Waals surface area contributed by atoms with E-state index >= 15 is 0 Å². The Hall–Kier alpha value is -2.08. The van der Waals surface area contributed by atoms with E-state index in [4.69, 9.17) is 9.47 Å². The molecule has 0 bridgehead atoms. The lowest BCUT2D eigenvalue weighted by molar-refractivity contribution is 0.404. The highest BCUT2D eigenvalue weighted by atomic mass is 79.9. The third-order valence-corrected chi connectivity index (χ3v) is 3.77. The molecule has 5 nitrogen and oxygen atoms in total. The lowest BCUT2D eigenvalue weighted by Gasteiger charge is -2.07. The van der Waals surface area contributed by atoms with Crippen LogP contribution in [-0.2, 0) is 6.42 Å². The van der Waals surface area contributed by atoms with Crippen LogP contribution in [0.4, 0.5) is 11.4 Å². The molecule has 0 atom stereocenters. The SMILES string of the molecule is CCc1cc(Br)c(O)c(N=Nc2cc(OC)ccc2OC)c1. The predicted molar refractivity (Wildman–Crippen MR) is 88.9 cm³/mol. The summed E-state index contributed by atoms with van der Waals surface area (Å²) in [4.78, 5) is 0. The predicted octanol–water partition coefficient (Wildman–Crippen LogP) is 5.15. The summed E-state index contributed by atoms with van der Waals surface area (Å²) in [6, 6.07) is 8.92. The van der Waals surface area contributed by atoms with Crippen molar-refractivity contribution in [1.82, 2.24) is 0 Å². The van der Waals surface area contributed by atoms with Crippen molar-refractivity contribution in [2.24, 2.45) is 10.2 Å². The van der Waals surface area contributed by atoms with Gasteiger partial charge in [-0.25, -0.2) is 0 Å². The van der Waals surface area contributed by atoms with Crippen LogP contribution >= 0.6 is 15.9 Å². The molecule has 2 rings (SSSR count). The monoisotopic (exact) mass is 364 g/mol. The molecule has 6 heteroatoms. The van der Waals surface area contributed by atoms with Gasteiger partial charge in [0.1, 0.15) is 22.9 Å². The normalized spacial score (nSPS) is 10.9. The van der Waals surface area contributed by atoms with Gasteiger partial charge in [-0.2, -0.15) is 0 Å². The maximum Gasteiger partial charge on any atom is 0.157 e. The summed E-state index contributed by atoms with van der Waals surface area (Å²) in [5.74, 6) is 1.29. The van der Waals surface area contributed by atoms with E-state index in [1.807, 2.05) is 13.0 Å². The van der Waals surface area contributed by atoms with Crippen molar-refractivity contribution in [1.29, 1.82) is 0 Å². The van der Waals surface area contributed by atoms with Crippen LogP contribution in [0.5, 0.6) is 17.2 Å². The lowest BCUT2D eigenvalue weighted by atomic mass is 10.1. The average molecular weight is 365 g/mol. The number of phenolic OH excluding ortho intramolecular Hbond substituents is 1. The Morgan fingerprint density at radius 3 is 2.41 bits per heavy atom. The second-order valence-corrected chi connectivity index (χ2v) is 5.39. The van der Waals surface area contributed by atoms with Gasteiger partial charge in [-0.15, -0.1) is 10.2 Å². The lowest BCUT2D eigenvalue weighted by Crippen LogP contribution is -1.86. The maximum absolute atomic E-state index is 10.1. The molecule has 0 aliphatic rings. The van der Waals surface area contributed by atoms with E-state index in [0.717, 1.165) is 12.0 Å². The zero-order chi connectivity index (χ0) is 16.1. The molecule has 0 aliphatic carbocycles. The highest BCUT2D eigenvalue weighted by Gasteiger charge is 2.08. The smallest absolute Gasteiger partial charge is 0.157 e. The minimum atomic E-state index is 0.0582. The molecule has 2 aromatic carbocycles. The molecule has 1 N–H and O–H groups in total. The molecule has 0 amide bonds. The topological polar surface area (TPSA) is 63.4 Å². The molecule has 0 saturated carbocycles. The standard InChI is InChI=1S/C16H17BrN2O3/c1-4-10-7-12(17)16(20)14(8-10)19-18-13-9-11(21-2)5-6-15(13)22-3/h5-9,20H,4H2,1-3H3. The van der Waals surface area contributed by atoms with E-state index in [2.05, 4.69) is 26.2 Å². The van der Waals surface area contributed by atoms with Gasteiger partial charge in [-0.05, 0) is 52.2 Å². The van der Waals surface area contributed by atoms with Crippen LogP contribution in [-0.4, -0.2) is 19.3 Å². The number of halogens is 1. The van der Waals surface area contributed by atoms with Crippen LogP contribution in [0.2, 0.25) is 0 Å². The molecule has 0 heterocycles.